The second kappa shape index (κ2) is 7.90. The molecule has 1 aromatic heterocycles. The monoisotopic (exact) mass is 371 g/mol. The molecule has 27 heavy (non-hydrogen) atoms. The molecular weight excluding hydrogens is 346 g/mol. The number of hydrogen-bond acceptors (Lipinski definition) is 5. The van der Waals surface area contributed by atoms with E-state index in [0.29, 0.717) is 47.8 Å². The van der Waals surface area contributed by atoms with Crippen LogP contribution in [0.5, 0.6) is 0 Å². The van der Waals surface area contributed by atoms with Crippen LogP contribution < -0.4 is 5.56 Å². The summed E-state index contributed by atoms with van der Waals surface area (Å²) in [4.78, 5) is 42.7. The number of hydrogen-bond donors (Lipinski definition) is 0. The number of piperidine rings is 1. The Morgan fingerprint density at radius 2 is 1.96 bits per heavy atom. The van der Waals surface area contributed by atoms with Gasteiger partial charge in [0.1, 0.15) is 5.69 Å². The third-order valence-corrected chi connectivity index (χ3v) is 5.12. The first-order valence-electron chi connectivity index (χ1n) is 9.36. The Bertz CT molecular complexity index is 927. The lowest BCUT2D eigenvalue weighted by molar-refractivity contribution is -0.135. The van der Waals surface area contributed by atoms with E-state index in [2.05, 4.69) is 11.9 Å². The van der Waals surface area contributed by atoms with Crippen molar-refractivity contribution in [2.75, 3.05) is 19.7 Å². The van der Waals surface area contributed by atoms with Crippen LogP contribution >= 0.6 is 0 Å². The molecule has 1 amide bonds. The van der Waals surface area contributed by atoms with E-state index in [1.165, 1.54) is 0 Å². The Labute approximate surface area is 157 Å². The molecule has 2 heterocycles. The summed E-state index contributed by atoms with van der Waals surface area (Å²) < 4.78 is 6.82. The number of rotatable bonds is 4. The molecule has 0 saturated carbocycles. The Hall–Kier alpha value is -2.70. The van der Waals surface area contributed by atoms with Gasteiger partial charge in [0.15, 0.2) is 6.61 Å². The van der Waals surface area contributed by atoms with Gasteiger partial charge in [0, 0.05) is 19.6 Å². The summed E-state index contributed by atoms with van der Waals surface area (Å²) in [5.41, 5.74) is 1.78. The maximum atomic E-state index is 12.3. The largest absolute Gasteiger partial charge is 0.452 e. The van der Waals surface area contributed by atoms with Gasteiger partial charge in [0.05, 0.1) is 16.6 Å². The molecule has 3 rings (SSSR count). The fourth-order valence-electron chi connectivity index (χ4n) is 3.38. The standard InChI is InChI=1S/C20H25N3O4/c1-4-23-17-6-5-15(11-16(17)21-14(3)19(23)25)20(26)27-12-18(24)22-9-7-13(2)8-10-22/h5-6,11,13H,4,7-10,12H2,1-3H3. The Kier molecular flexibility index (Phi) is 5.58. The van der Waals surface area contributed by atoms with Crippen molar-refractivity contribution in [3.63, 3.8) is 0 Å². The van der Waals surface area contributed by atoms with Crippen LogP contribution in [-0.2, 0) is 16.1 Å². The van der Waals surface area contributed by atoms with Crippen molar-refractivity contribution in [3.05, 3.63) is 39.8 Å². The topological polar surface area (TPSA) is 81.5 Å². The molecule has 0 radical (unpaired) electrons. The molecule has 2 aromatic rings. The van der Waals surface area contributed by atoms with Gasteiger partial charge in [0.25, 0.3) is 11.5 Å². The molecule has 1 aliphatic rings. The molecule has 144 valence electrons. The first kappa shape index (κ1) is 19.1. The summed E-state index contributed by atoms with van der Waals surface area (Å²) in [6.45, 7) is 7.40. The van der Waals surface area contributed by atoms with Crippen LogP contribution in [0, 0.1) is 12.8 Å². The van der Waals surface area contributed by atoms with Gasteiger partial charge in [-0.25, -0.2) is 9.78 Å². The fourth-order valence-corrected chi connectivity index (χ4v) is 3.38. The predicted molar refractivity (Wildman–Crippen MR) is 102 cm³/mol. The Morgan fingerprint density at radius 3 is 2.63 bits per heavy atom. The van der Waals surface area contributed by atoms with E-state index in [-0.39, 0.29) is 18.1 Å². The summed E-state index contributed by atoms with van der Waals surface area (Å²) in [7, 11) is 0. The van der Waals surface area contributed by atoms with E-state index < -0.39 is 5.97 Å². The zero-order chi connectivity index (χ0) is 19.6. The summed E-state index contributed by atoms with van der Waals surface area (Å²) >= 11 is 0. The number of carbonyl (C=O) groups is 2. The highest BCUT2D eigenvalue weighted by Crippen LogP contribution is 2.17. The van der Waals surface area contributed by atoms with Gasteiger partial charge >= 0.3 is 5.97 Å². The first-order valence-corrected chi connectivity index (χ1v) is 9.36. The minimum atomic E-state index is -0.565. The number of esters is 1. The van der Waals surface area contributed by atoms with Gasteiger partial charge in [-0.1, -0.05) is 6.92 Å². The molecule has 0 atom stereocenters. The van der Waals surface area contributed by atoms with Crippen molar-refractivity contribution >= 4 is 22.9 Å². The molecule has 1 fully saturated rings. The van der Waals surface area contributed by atoms with Crippen molar-refractivity contribution in [2.45, 2.75) is 40.2 Å². The quantitative estimate of drug-likeness (QED) is 0.769. The van der Waals surface area contributed by atoms with Crippen molar-refractivity contribution in [2.24, 2.45) is 5.92 Å². The lowest BCUT2D eigenvalue weighted by atomic mass is 9.99. The fraction of sp³-hybridized carbons (Fsp3) is 0.500. The summed E-state index contributed by atoms with van der Waals surface area (Å²) in [5, 5.41) is 0. The van der Waals surface area contributed by atoms with Crippen LogP contribution in [0.25, 0.3) is 11.0 Å². The number of fused-ring (bicyclic) bond motifs is 1. The first-order chi connectivity index (χ1) is 12.9. The molecular formula is C20H25N3O4. The second-order valence-corrected chi connectivity index (χ2v) is 7.09. The summed E-state index contributed by atoms with van der Waals surface area (Å²) in [5.74, 6) is -0.0974. The van der Waals surface area contributed by atoms with Crippen molar-refractivity contribution in [3.8, 4) is 0 Å². The molecule has 1 saturated heterocycles. The molecule has 0 unspecified atom stereocenters. The Morgan fingerprint density at radius 1 is 1.26 bits per heavy atom. The van der Waals surface area contributed by atoms with E-state index in [1.54, 1.807) is 34.6 Å². The normalized spacial score (nSPS) is 15.1. The van der Waals surface area contributed by atoms with E-state index in [9.17, 15) is 14.4 Å². The Balaban J connectivity index is 1.71. The average molecular weight is 371 g/mol. The maximum Gasteiger partial charge on any atom is 0.338 e. The van der Waals surface area contributed by atoms with E-state index in [0.717, 1.165) is 12.8 Å². The van der Waals surface area contributed by atoms with E-state index in [1.807, 2.05) is 6.92 Å². The van der Waals surface area contributed by atoms with Crippen LogP contribution in [0.15, 0.2) is 23.0 Å². The molecule has 0 bridgehead atoms. The second-order valence-electron chi connectivity index (χ2n) is 7.09. The smallest absolute Gasteiger partial charge is 0.338 e. The van der Waals surface area contributed by atoms with Gasteiger partial charge in [-0.2, -0.15) is 0 Å². The van der Waals surface area contributed by atoms with E-state index >= 15 is 0 Å². The lowest BCUT2D eigenvalue weighted by Gasteiger charge is -2.30. The summed E-state index contributed by atoms with van der Waals surface area (Å²) in [6, 6.07) is 4.89. The van der Waals surface area contributed by atoms with Crippen molar-refractivity contribution < 1.29 is 14.3 Å². The molecule has 0 spiro atoms. The molecule has 7 heteroatoms. The minimum Gasteiger partial charge on any atom is -0.452 e. The molecule has 7 nitrogen and oxygen atoms in total. The van der Waals surface area contributed by atoms with Gasteiger partial charge in [0.2, 0.25) is 0 Å². The third-order valence-electron chi connectivity index (χ3n) is 5.12. The molecule has 0 aliphatic carbocycles. The number of nitrogens with zero attached hydrogens (tertiary/aromatic N) is 3. The highest BCUT2D eigenvalue weighted by atomic mass is 16.5. The predicted octanol–water partition coefficient (Wildman–Crippen LogP) is 2.14. The van der Waals surface area contributed by atoms with Gasteiger partial charge in [-0.15, -0.1) is 0 Å². The minimum absolute atomic E-state index is 0.137. The zero-order valence-electron chi connectivity index (χ0n) is 16.0. The van der Waals surface area contributed by atoms with Gasteiger partial charge in [-0.3, -0.25) is 9.59 Å². The zero-order valence-corrected chi connectivity index (χ0v) is 16.0. The number of aryl methyl sites for hydroxylation is 2. The highest BCUT2D eigenvalue weighted by Gasteiger charge is 2.21. The third kappa shape index (κ3) is 4.02. The van der Waals surface area contributed by atoms with Crippen LogP contribution in [0.3, 0.4) is 0 Å². The molecule has 1 aromatic carbocycles. The number of ether oxygens (including phenoxy) is 1. The maximum absolute atomic E-state index is 12.3. The number of likely N-dealkylation sites (tertiary alicyclic amines) is 1. The molecule has 1 aliphatic heterocycles. The SMILES string of the molecule is CCn1c(=O)c(C)nc2cc(C(=O)OCC(=O)N3CCC(C)CC3)ccc21. The highest BCUT2D eigenvalue weighted by molar-refractivity contribution is 5.94. The van der Waals surface area contributed by atoms with Crippen LogP contribution in [0.4, 0.5) is 0 Å². The number of benzene rings is 1. The number of amides is 1. The average Bonchev–Trinajstić information content (AvgIpc) is 2.67. The summed E-state index contributed by atoms with van der Waals surface area (Å²) in [6.07, 6.45) is 1.96. The van der Waals surface area contributed by atoms with E-state index in [4.69, 9.17) is 4.74 Å². The number of aromatic nitrogens is 2. The van der Waals surface area contributed by atoms with Crippen LogP contribution in [0.2, 0.25) is 0 Å². The van der Waals surface area contributed by atoms with Gasteiger partial charge in [-0.05, 0) is 50.8 Å². The lowest BCUT2D eigenvalue weighted by Crippen LogP contribution is -2.40. The van der Waals surface area contributed by atoms with Crippen molar-refractivity contribution in [1.29, 1.82) is 0 Å². The van der Waals surface area contributed by atoms with Gasteiger partial charge < -0.3 is 14.2 Å². The van der Waals surface area contributed by atoms with Crippen molar-refractivity contribution in [1.82, 2.24) is 14.5 Å². The molecule has 0 N–H and O–H groups in total. The van der Waals surface area contributed by atoms with Crippen LogP contribution in [0.1, 0.15) is 42.7 Å². The van der Waals surface area contributed by atoms with Crippen LogP contribution in [-0.4, -0.2) is 46.0 Å². The number of carbonyl (C=O) groups excluding carboxylic acids is 2.